The van der Waals surface area contributed by atoms with Crippen molar-refractivity contribution in [1.29, 1.82) is 0 Å². The van der Waals surface area contributed by atoms with Crippen molar-refractivity contribution in [2.45, 2.75) is 243 Å². The second kappa shape index (κ2) is 38.8. The minimum atomic E-state index is 0. The number of aliphatic imine (C=N–C) groups is 2. The fraction of sp³-hybridized carbons (Fsp3) is 0.698. The van der Waals surface area contributed by atoms with Gasteiger partial charge in [0.15, 0.2) is 0 Å². The van der Waals surface area contributed by atoms with Crippen molar-refractivity contribution in [2.24, 2.45) is 9.98 Å². The van der Waals surface area contributed by atoms with Crippen LogP contribution < -0.4 is 0 Å². The van der Waals surface area contributed by atoms with Crippen molar-refractivity contribution in [2.75, 3.05) is 0 Å². The van der Waals surface area contributed by atoms with Gasteiger partial charge >= 0.3 is 16.5 Å². The summed E-state index contributed by atoms with van der Waals surface area (Å²) in [6, 6.07) is 9.79. The molecule has 2 aromatic carbocycles. The third-order valence-corrected chi connectivity index (χ3v) is 10.9. The maximum atomic E-state index is 5.42. The second-order valence-corrected chi connectivity index (χ2v) is 15.5. The van der Waals surface area contributed by atoms with Gasteiger partial charge in [-0.05, 0) is 148 Å². The Morgan fingerprint density at radius 1 is 0.393 bits per heavy atom. The normalized spacial score (nSPS) is 11.4. The van der Waals surface area contributed by atoms with Gasteiger partial charge in [-0.2, -0.15) is 13.8 Å². The Kier molecular flexibility index (Phi) is 39.0. The van der Waals surface area contributed by atoms with E-state index in [0.29, 0.717) is 0 Å². The van der Waals surface area contributed by atoms with E-state index >= 15 is 0 Å². The third kappa shape index (κ3) is 23.6. The van der Waals surface area contributed by atoms with E-state index in [-0.39, 0.29) is 16.5 Å². The Hall–Kier alpha value is -1.73. The van der Waals surface area contributed by atoms with Gasteiger partial charge in [0.25, 0.3) is 0 Å². The van der Waals surface area contributed by atoms with Gasteiger partial charge in [0, 0.05) is 0 Å². The van der Waals surface area contributed by atoms with E-state index in [1.165, 1.54) is 167 Å². The number of unbranched alkanes of at least 4 members (excludes halogenated alkanes) is 14. The Morgan fingerprint density at radius 2 is 0.679 bits per heavy atom. The Morgan fingerprint density at radius 3 is 1.02 bits per heavy atom. The molecule has 0 amide bonds. The van der Waals surface area contributed by atoms with E-state index in [1.54, 1.807) is 47.2 Å². The van der Waals surface area contributed by atoms with Crippen LogP contribution in [0.1, 0.15) is 237 Å². The number of rotatable bonds is 30. The van der Waals surface area contributed by atoms with Crippen LogP contribution in [0.25, 0.3) is 0 Å². The molecular weight excluding hydrogens is 723 g/mol. The molecule has 2 aromatic rings. The number of nitrogens with zero attached hydrogens (tertiary/aromatic N) is 2. The van der Waals surface area contributed by atoms with Gasteiger partial charge in [0.05, 0.1) is 22.8 Å². The number of hydrogen-bond donors (Lipinski definition) is 0. The molecule has 0 aliphatic carbocycles. The molecular formula is C53H92N2Ni. The van der Waals surface area contributed by atoms with E-state index in [4.69, 9.17) is 9.98 Å². The molecule has 0 N–H and O–H groups in total. The van der Waals surface area contributed by atoms with Crippen LogP contribution in [0.5, 0.6) is 0 Å². The monoisotopic (exact) mass is 815 g/mol. The van der Waals surface area contributed by atoms with E-state index in [2.05, 4.69) is 93.5 Å². The van der Waals surface area contributed by atoms with Crippen molar-refractivity contribution >= 4 is 22.8 Å². The molecule has 3 heteroatoms. The van der Waals surface area contributed by atoms with E-state index < -0.39 is 0 Å². The van der Waals surface area contributed by atoms with E-state index in [0.717, 1.165) is 29.2 Å². The first kappa shape index (κ1) is 56.4. The predicted octanol–water partition coefficient (Wildman–Crippen LogP) is 17.8. The van der Waals surface area contributed by atoms with Crippen molar-refractivity contribution in [1.82, 2.24) is 0 Å². The average molecular weight is 816 g/mol. The summed E-state index contributed by atoms with van der Waals surface area (Å²) < 4.78 is 0. The SMILES string of the molecule is CCCCCCCCc1cc(N=C(C)C(CC)=Nc2cc(CCCC)c(CCCC)c(CCCCCCCC)c2)cc(CCCC)c1CCCC.[CH2-]C.[CH2-]C.[Ni+2]. The average Bonchev–Trinajstić information content (AvgIpc) is 3.21. The van der Waals surface area contributed by atoms with Gasteiger partial charge in [0.2, 0.25) is 0 Å². The molecule has 0 bridgehead atoms. The third-order valence-electron chi connectivity index (χ3n) is 10.9. The molecule has 0 heterocycles. The van der Waals surface area contributed by atoms with Crippen molar-refractivity contribution in [3.8, 4) is 0 Å². The van der Waals surface area contributed by atoms with Crippen LogP contribution in [-0.2, 0) is 55.0 Å². The summed E-state index contributed by atoms with van der Waals surface area (Å²) >= 11 is 0. The van der Waals surface area contributed by atoms with Gasteiger partial charge in [-0.15, -0.1) is 0 Å². The molecule has 2 nitrogen and oxygen atoms in total. The Bertz CT molecular complexity index is 1270. The number of hydrogen-bond acceptors (Lipinski definition) is 2. The summed E-state index contributed by atoms with van der Waals surface area (Å²) in [7, 11) is 0. The maximum absolute atomic E-state index is 5.42. The van der Waals surface area contributed by atoms with Crippen molar-refractivity contribution < 1.29 is 16.5 Å². The second-order valence-electron chi connectivity index (χ2n) is 15.5. The smallest absolute Gasteiger partial charge is 0.346 e. The summed E-state index contributed by atoms with van der Waals surface area (Å²) in [4.78, 5) is 10.8. The quantitative estimate of drug-likeness (QED) is 0.0325. The van der Waals surface area contributed by atoms with Crippen molar-refractivity contribution in [3.05, 3.63) is 71.5 Å². The van der Waals surface area contributed by atoms with Crippen LogP contribution >= 0.6 is 0 Å². The Balaban J connectivity index is 0. The van der Waals surface area contributed by atoms with Gasteiger partial charge in [-0.3, -0.25) is 9.98 Å². The summed E-state index contributed by atoms with van der Waals surface area (Å²) in [5.74, 6) is 0. The molecule has 56 heavy (non-hydrogen) atoms. The largest absolute Gasteiger partial charge is 2.00 e. The molecule has 324 valence electrons. The van der Waals surface area contributed by atoms with E-state index in [1.807, 2.05) is 0 Å². The van der Waals surface area contributed by atoms with Crippen LogP contribution in [0.15, 0.2) is 34.3 Å². The molecule has 0 unspecified atom stereocenters. The van der Waals surface area contributed by atoms with Crippen LogP contribution in [-0.4, -0.2) is 11.4 Å². The minimum absolute atomic E-state index is 0. The van der Waals surface area contributed by atoms with Gasteiger partial charge in [-0.1, -0.05) is 138 Å². The number of benzene rings is 2. The standard InChI is InChI=1S/C49H82N2.2C2H5.Ni/c1-9-16-22-24-26-28-32-43-37-45(36-41(30-18-11-3)47(43)34-20-13-5)50-40(8)49(15-7)51-46-38-42(31-19-12-4)48(35-21-14-6)44(39-46)33-29-27-25-23-17-10-2;2*1-2;/h36-39H,9-35H2,1-8H3;2*1H2,2H3;/q;2*-1;+2. The first-order valence-corrected chi connectivity index (χ1v) is 23.8. The molecule has 0 fully saturated rings. The minimum Gasteiger partial charge on any atom is -0.346 e. The first-order chi connectivity index (χ1) is 27.0. The zero-order chi connectivity index (χ0) is 41.1. The molecule has 0 spiro atoms. The van der Waals surface area contributed by atoms with Gasteiger partial charge in [0.1, 0.15) is 0 Å². The van der Waals surface area contributed by atoms with Gasteiger partial charge < -0.3 is 13.8 Å². The molecule has 0 atom stereocenters. The van der Waals surface area contributed by atoms with Gasteiger partial charge in [-0.25, -0.2) is 0 Å². The Labute approximate surface area is 361 Å². The van der Waals surface area contributed by atoms with Crippen molar-refractivity contribution in [3.63, 3.8) is 0 Å². The molecule has 0 aliphatic heterocycles. The molecule has 2 rings (SSSR count). The molecule has 0 aromatic heterocycles. The summed E-state index contributed by atoms with van der Waals surface area (Å²) in [5, 5.41) is 0. The summed E-state index contributed by atoms with van der Waals surface area (Å²) in [6.07, 6.45) is 34.2. The van der Waals surface area contributed by atoms with Crippen LogP contribution in [0.4, 0.5) is 11.4 Å². The van der Waals surface area contributed by atoms with Crippen LogP contribution in [0.3, 0.4) is 0 Å². The maximum Gasteiger partial charge on any atom is 2.00 e. The van der Waals surface area contributed by atoms with Crippen LogP contribution in [0, 0.1) is 13.8 Å². The molecule has 0 saturated heterocycles. The zero-order valence-corrected chi connectivity index (χ0v) is 40.0. The number of aryl methyl sites for hydroxylation is 4. The predicted molar refractivity (Wildman–Crippen MR) is 254 cm³/mol. The van der Waals surface area contributed by atoms with Crippen LogP contribution in [0.2, 0.25) is 0 Å². The first-order valence-electron chi connectivity index (χ1n) is 23.8. The fourth-order valence-corrected chi connectivity index (χ4v) is 7.68. The molecule has 0 radical (unpaired) electrons. The summed E-state index contributed by atoms with van der Waals surface area (Å²) in [5.41, 5.74) is 14.0. The molecule has 0 saturated carbocycles. The fourth-order valence-electron chi connectivity index (χ4n) is 7.68. The topological polar surface area (TPSA) is 24.7 Å². The molecule has 0 aliphatic rings. The van der Waals surface area contributed by atoms with E-state index in [9.17, 15) is 0 Å². The summed E-state index contributed by atoms with van der Waals surface area (Å²) in [6.45, 7) is 28.4. The zero-order valence-electron chi connectivity index (χ0n) is 39.0.